The Morgan fingerprint density at radius 1 is 0.150 bits per heavy atom. The van der Waals surface area contributed by atoms with E-state index in [1.807, 2.05) is 194 Å². The number of rotatable bonds is 4. The van der Waals surface area contributed by atoms with Gasteiger partial charge in [-0.2, -0.15) is 0 Å². The van der Waals surface area contributed by atoms with Crippen LogP contribution in [0, 0.1) is 0 Å². The number of fused-ring (bicyclic) bond motifs is 12. The van der Waals surface area contributed by atoms with Crippen molar-refractivity contribution in [1.29, 1.82) is 0 Å². The second-order valence-electron chi connectivity index (χ2n) is 16.9. The molecule has 0 saturated heterocycles. The average molecular weight is 1210 g/mol. The maximum Gasteiger partial charge on any atom is 2.00 e. The first kappa shape index (κ1) is 54.9. The van der Waals surface area contributed by atoms with Crippen LogP contribution in [0.1, 0.15) is 0 Å². The van der Waals surface area contributed by atoms with Gasteiger partial charge in [-0.05, 0) is 146 Å². The third kappa shape index (κ3) is 12.9. The zero-order valence-electron chi connectivity index (χ0n) is 42.4. The second-order valence-corrected chi connectivity index (χ2v) is 16.9. The minimum Gasteiger partial charge on any atom is -0.255 e. The summed E-state index contributed by atoms with van der Waals surface area (Å²) >= 11 is 0. The predicted molar refractivity (Wildman–Crippen MR) is 308 cm³/mol. The van der Waals surface area contributed by atoms with Crippen molar-refractivity contribution in [3.63, 3.8) is 0 Å². The number of benzene rings is 2. The Kier molecular flexibility index (Phi) is 18.8. The van der Waals surface area contributed by atoms with Crippen LogP contribution in [0.5, 0.6) is 0 Å². The van der Waals surface area contributed by atoms with E-state index in [0.717, 1.165) is 111 Å². The minimum absolute atomic E-state index is 0. The zero-order chi connectivity index (χ0) is 52.6. The van der Waals surface area contributed by atoms with Crippen LogP contribution in [0.15, 0.2) is 268 Å². The minimum atomic E-state index is 0. The van der Waals surface area contributed by atoms with Crippen LogP contribution in [-0.2, 0) is 39.0 Å². The summed E-state index contributed by atoms with van der Waals surface area (Å²) in [7, 11) is 0. The average Bonchev–Trinajstić information content (AvgIpc) is 3.66. The Morgan fingerprint density at radius 2 is 0.312 bits per heavy atom. The Balaban J connectivity index is 0.000000131. The summed E-state index contributed by atoms with van der Waals surface area (Å²) in [5, 5.41) is 3.76. The van der Waals surface area contributed by atoms with Gasteiger partial charge in [-0.15, -0.1) is 0 Å². The maximum absolute atomic E-state index is 5.14. The predicted octanol–water partition coefficient (Wildman–Crippen LogP) is 13.5. The molecule has 0 fully saturated rings. The fraction of sp³-hybridized carbons (Fsp3) is 0. The normalized spacial score (nSPS) is 10.3. The Morgan fingerprint density at radius 3 is 0.463 bits per heavy atom. The third-order valence-corrected chi connectivity index (χ3v) is 12.0. The Bertz CT molecular complexity index is 3650. The van der Waals surface area contributed by atoms with Gasteiger partial charge in [0, 0.05) is 95.9 Å². The van der Waals surface area contributed by atoms with E-state index in [0.29, 0.717) is 0 Å². The summed E-state index contributed by atoms with van der Waals surface area (Å²) < 4.78 is 0. The first-order chi connectivity index (χ1) is 38.8. The van der Waals surface area contributed by atoms with Crippen LogP contribution >= 0.6 is 0 Å². The first-order valence-electron chi connectivity index (χ1n) is 24.8. The molecule has 0 aliphatic carbocycles. The fourth-order valence-electron chi connectivity index (χ4n) is 8.44. The zero-order valence-corrected chi connectivity index (χ0v) is 45.8. The summed E-state index contributed by atoms with van der Waals surface area (Å²) in [6, 6.07) is 62.2. The summed E-state index contributed by atoms with van der Waals surface area (Å²) in [4.78, 5) is 62.2. The molecule has 14 nitrogen and oxygen atoms in total. The van der Waals surface area contributed by atoms with Gasteiger partial charge in [0.25, 0.3) is 0 Å². The van der Waals surface area contributed by atoms with Crippen molar-refractivity contribution in [3.05, 3.63) is 268 Å². The van der Waals surface area contributed by atoms with Crippen molar-refractivity contribution in [2.24, 2.45) is 0 Å². The molecule has 0 aliphatic heterocycles. The van der Waals surface area contributed by atoms with Gasteiger partial charge in [0.05, 0.1) is 89.7 Å². The molecule has 80 heavy (non-hydrogen) atoms. The molecule has 16 heteroatoms. The van der Waals surface area contributed by atoms with Crippen molar-refractivity contribution in [1.82, 2.24) is 69.8 Å². The van der Waals surface area contributed by atoms with Crippen LogP contribution < -0.4 is 0 Å². The van der Waals surface area contributed by atoms with E-state index in [-0.39, 0.29) is 39.0 Å². The number of aromatic nitrogens is 14. The topological polar surface area (TPSA) is 180 Å². The molecule has 0 spiro atoms. The molecule has 0 bridgehead atoms. The molecular formula is C64H44N14Ru2+4. The summed E-state index contributed by atoms with van der Waals surface area (Å²) in [6.07, 6.45) is 21.3. The Labute approximate surface area is 485 Å². The molecule has 13 aromatic heterocycles. The van der Waals surface area contributed by atoms with Crippen LogP contribution in [0.3, 0.4) is 0 Å². The van der Waals surface area contributed by atoms with Crippen molar-refractivity contribution in [2.45, 2.75) is 0 Å². The van der Waals surface area contributed by atoms with E-state index >= 15 is 0 Å². The van der Waals surface area contributed by atoms with Crippen molar-refractivity contribution in [2.75, 3.05) is 0 Å². The summed E-state index contributed by atoms with van der Waals surface area (Å²) in [5.41, 5.74) is 13.9. The Hall–Kier alpha value is -9.87. The van der Waals surface area contributed by atoms with E-state index in [1.54, 1.807) is 74.4 Å². The molecule has 0 unspecified atom stereocenters. The van der Waals surface area contributed by atoms with E-state index in [9.17, 15) is 0 Å². The number of hydrogen-bond donors (Lipinski definition) is 0. The summed E-state index contributed by atoms with van der Waals surface area (Å²) in [6.45, 7) is 0. The molecular weight excluding hydrogens is 1170 g/mol. The van der Waals surface area contributed by atoms with Gasteiger partial charge in [0.1, 0.15) is 0 Å². The van der Waals surface area contributed by atoms with Gasteiger partial charge in [0.15, 0.2) is 0 Å². The smallest absolute Gasteiger partial charge is 0.255 e. The molecule has 0 aliphatic rings. The van der Waals surface area contributed by atoms with E-state index in [4.69, 9.17) is 9.97 Å². The molecule has 0 amide bonds. The largest absolute Gasteiger partial charge is 2.00 e. The molecule has 0 atom stereocenters. The molecule has 2 aromatic carbocycles. The van der Waals surface area contributed by atoms with E-state index < -0.39 is 0 Å². The monoisotopic (exact) mass is 1210 g/mol. The number of pyridine rings is 12. The molecule has 0 N–H and O–H groups in total. The van der Waals surface area contributed by atoms with Crippen molar-refractivity contribution in [3.8, 4) is 45.6 Å². The van der Waals surface area contributed by atoms with Crippen molar-refractivity contribution >= 4 is 65.7 Å². The number of hydrogen-bond acceptors (Lipinski definition) is 14. The van der Waals surface area contributed by atoms with Crippen LogP contribution in [-0.4, -0.2) is 69.8 Å². The van der Waals surface area contributed by atoms with Gasteiger partial charge >= 0.3 is 39.0 Å². The van der Waals surface area contributed by atoms with Crippen molar-refractivity contribution < 1.29 is 39.0 Å². The molecule has 15 rings (SSSR count). The van der Waals surface area contributed by atoms with E-state index in [2.05, 4.69) is 59.8 Å². The SMILES string of the molecule is [Ru+2].[Ru+2].c1ccc(-c2ccccn2)nc1.c1ccc(-c2ccccn2)nc1.c1ccc(-c2ccccn2)nc1.c1ccc(-c2ccccn2)nc1.c1cnc2c(c1)c1nc3c4cccnc4c4ncccc4c3nc1c1cccnc12. The first-order valence-corrected chi connectivity index (χ1v) is 24.8. The fourth-order valence-corrected chi connectivity index (χ4v) is 8.44. The third-order valence-electron chi connectivity index (χ3n) is 12.0. The van der Waals surface area contributed by atoms with Crippen LogP contribution in [0.4, 0.5) is 0 Å². The van der Waals surface area contributed by atoms with Gasteiger partial charge in [0.2, 0.25) is 0 Å². The molecule has 0 saturated carbocycles. The molecule has 15 aromatic rings. The van der Waals surface area contributed by atoms with Gasteiger partial charge in [-0.25, -0.2) is 9.97 Å². The van der Waals surface area contributed by atoms with Gasteiger partial charge in [-0.1, -0.05) is 48.5 Å². The van der Waals surface area contributed by atoms with Crippen LogP contribution in [0.25, 0.3) is 111 Å². The maximum atomic E-state index is 5.14. The molecule has 382 valence electrons. The molecule has 13 heterocycles. The van der Waals surface area contributed by atoms with E-state index in [1.165, 1.54) is 0 Å². The van der Waals surface area contributed by atoms with Gasteiger partial charge < -0.3 is 0 Å². The number of nitrogens with zero attached hydrogens (tertiary/aromatic N) is 14. The molecule has 0 radical (unpaired) electrons. The summed E-state index contributed by atoms with van der Waals surface area (Å²) in [5.74, 6) is 0. The quantitative estimate of drug-likeness (QED) is 0.0922. The second kappa shape index (κ2) is 27.4. The van der Waals surface area contributed by atoms with Gasteiger partial charge in [-0.3, -0.25) is 59.8 Å². The van der Waals surface area contributed by atoms with Crippen LogP contribution in [0.2, 0.25) is 0 Å². The standard InChI is InChI=1S/C24H12N6.4C10H8N2.2Ru/c1-5-13-17(25-9-1)18-14(6-2-10-26-18)22-21(13)29-23-15-7-3-11-27-19(15)20-16(24(23)30-22)8-4-12-28-20;4*1-3-7-11-9(5-1)10-6-2-4-8-12-10;;/h1-12H;4*1-8H;;/q;;;;;2*+2.